The van der Waals surface area contributed by atoms with Crippen molar-refractivity contribution in [1.29, 1.82) is 0 Å². The van der Waals surface area contributed by atoms with E-state index in [1.165, 1.54) is 11.3 Å². The summed E-state index contributed by atoms with van der Waals surface area (Å²) in [6, 6.07) is 5.37. The van der Waals surface area contributed by atoms with Gasteiger partial charge >= 0.3 is 0 Å². The molecule has 3 nitrogen and oxygen atoms in total. The van der Waals surface area contributed by atoms with Gasteiger partial charge in [-0.15, -0.1) is 11.3 Å². The van der Waals surface area contributed by atoms with E-state index in [1.54, 1.807) is 17.6 Å². The first-order valence-electron chi connectivity index (χ1n) is 3.80. The maximum absolute atomic E-state index is 10.9. The Hall–Kier alpha value is -0.650. The number of hydrogen-bond donors (Lipinski definition) is 0. The Morgan fingerprint density at radius 3 is 2.93 bits per heavy atom. The molecule has 14 heavy (non-hydrogen) atoms. The molecular formula is C8H6ClNO2S2. The maximum Gasteiger partial charge on any atom is 0.236 e. The summed E-state index contributed by atoms with van der Waals surface area (Å²) in [5.74, 6) is -0.145. The molecule has 0 unspecified atom stereocenters. The Balaban J connectivity index is 2.57. The number of hydrogen-bond acceptors (Lipinski definition) is 4. The Bertz CT molecular complexity index is 561. The SMILES string of the molecule is O=S(=O)(Cl)Cc1cccc2ncsc12. The number of aromatic nitrogens is 1. The summed E-state index contributed by atoms with van der Waals surface area (Å²) in [7, 11) is 1.70. The molecule has 2 rings (SSSR count). The van der Waals surface area contributed by atoms with Gasteiger partial charge in [-0.1, -0.05) is 12.1 Å². The summed E-state index contributed by atoms with van der Waals surface area (Å²) in [5.41, 5.74) is 3.21. The van der Waals surface area contributed by atoms with Crippen molar-refractivity contribution in [3.63, 3.8) is 0 Å². The average Bonchev–Trinajstić information content (AvgIpc) is 2.49. The molecule has 0 aliphatic rings. The Morgan fingerprint density at radius 2 is 2.21 bits per heavy atom. The third kappa shape index (κ3) is 2.05. The molecule has 0 saturated carbocycles. The third-order valence-electron chi connectivity index (χ3n) is 1.77. The van der Waals surface area contributed by atoms with E-state index in [4.69, 9.17) is 10.7 Å². The molecule has 74 valence electrons. The van der Waals surface area contributed by atoms with Crippen molar-refractivity contribution in [1.82, 2.24) is 4.98 Å². The molecule has 0 saturated heterocycles. The van der Waals surface area contributed by atoms with Crippen LogP contribution < -0.4 is 0 Å². The summed E-state index contributed by atoms with van der Waals surface area (Å²) in [4.78, 5) is 4.09. The molecule has 0 radical (unpaired) electrons. The highest BCUT2D eigenvalue weighted by Gasteiger charge is 2.11. The van der Waals surface area contributed by atoms with Gasteiger partial charge in [0, 0.05) is 10.7 Å². The summed E-state index contributed by atoms with van der Waals surface area (Å²) < 4.78 is 22.7. The van der Waals surface area contributed by atoms with Crippen LogP contribution in [0.4, 0.5) is 0 Å². The van der Waals surface area contributed by atoms with Crippen molar-refractivity contribution in [3.05, 3.63) is 29.3 Å². The first kappa shape index (κ1) is 9.89. The lowest BCUT2D eigenvalue weighted by Gasteiger charge is -1.98. The number of fused-ring (bicyclic) bond motifs is 1. The van der Waals surface area contributed by atoms with Crippen molar-refractivity contribution >= 4 is 41.3 Å². The smallest absolute Gasteiger partial charge is 0.236 e. The first-order valence-corrected chi connectivity index (χ1v) is 7.15. The van der Waals surface area contributed by atoms with Gasteiger partial charge in [0.1, 0.15) is 0 Å². The number of nitrogens with zero attached hydrogens (tertiary/aromatic N) is 1. The lowest BCUT2D eigenvalue weighted by atomic mass is 10.2. The Morgan fingerprint density at radius 1 is 1.43 bits per heavy atom. The largest absolute Gasteiger partial charge is 0.245 e. The van der Waals surface area contributed by atoms with Gasteiger partial charge in [-0.05, 0) is 11.6 Å². The van der Waals surface area contributed by atoms with Crippen LogP contribution in [-0.4, -0.2) is 13.4 Å². The van der Waals surface area contributed by atoms with Crippen molar-refractivity contribution in [2.75, 3.05) is 0 Å². The number of thiazole rings is 1. The van der Waals surface area contributed by atoms with Crippen LogP contribution in [0.3, 0.4) is 0 Å². The zero-order valence-corrected chi connectivity index (χ0v) is 9.36. The van der Waals surface area contributed by atoms with Crippen molar-refractivity contribution in [2.24, 2.45) is 0 Å². The molecule has 0 amide bonds. The zero-order valence-electron chi connectivity index (χ0n) is 6.97. The standard InChI is InChI=1S/C8H6ClNO2S2/c9-14(11,12)4-6-2-1-3-7-8(6)13-5-10-7/h1-3,5H,4H2. The van der Waals surface area contributed by atoms with Gasteiger partial charge in [0.15, 0.2) is 0 Å². The van der Waals surface area contributed by atoms with E-state index in [2.05, 4.69) is 4.98 Å². The summed E-state index contributed by atoms with van der Waals surface area (Å²) in [5, 5.41) is 0. The zero-order chi connectivity index (χ0) is 10.2. The maximum atomic E-state index is 10.9. The lowest BCUT2D eigenvalue weighted by Crippen LogP contribution is -1.94. The normalized spacial score (nSPS) is 12.1. The van der Waals surface area contributed by atoms with Gasteiger partial charge in [-0.2, -0.15) is 0 Å². The fourth-order valence-electron chi connectivity index (χ4n) is 1.24. The fraction of sp³-hybridized carbons (Fsp3) is 0.125. The molecule has 6 heteroatoms. The number of benzene rings is 1. The molecule has 0 bridgehead atoms. The van der Waals surface area contributed by atoms with Crippen molar-refractivity contribution in [2.45, 2.75) is 5.75 Å². The number of halogens is 1. The van der Waals surface area contributed by atoms with E-state index >= 15 is 0 Å². The predicted octanol–water partition coefficient (Wildman–Crippen LogP) is 2.36. The second-order valence-corrected chi connectivity index (χ2v) is 6.43. The van der Waals surface area contributed by atoms with E-state index in [0.29, 0.717) is 5.56 Å². The molecule has 0 fully saturated rings. The second-order valence-electron chi connectivity index (χ2n) is 2.80. The molecule has 0 atom stereocenters. The van der Waals surface area contributed by atoms with Crippen molar-refractivity contribution in [3.8, 4) is 0 Å². The molecule has 1 aromatic heterocycles. The van der Waals surface area contributed by atoms with Gasteiger partial charge < -0.3 is 0 Å². The van der Waals surface area contributed by atoms with Crippen LogP contribution in [0.5, 0.6) is 0 Å². The molecule has 0 spiro atoms. The molecule has 1 heterocycles. The molecule has 0 N–H and O–H groups in total. The third-order valence-corrected chi connectivity index (χ3v) is 3.67. The van der Waals surface area contributed by atoms with Crippen LogP contribution in [0.2, 0.25) is 0 Å². The molecular weight excluding hydrogens is 242 g/mol. The highest BCUT2D eigenvalue weighted by atomic mass is 35.7. The monoisotopic (exact) mass is 247 g/mol. The highest BCUT2D eigenvalue weighted by Crippen LogP contribution is 2.24. The summed E-state index contributed by atoms with van der Waals surface area (Å²) in [6.07, 6.45) is 0. The average molecular weight is 248 g/mol. The first-order chi connectivity index (χ1) is 6.56. The van der Waals surface area contributed by atoms with E-state index in [9.17, 15) is 8.42 Å². The summed E-state index contributed by atoms with van der Waals surface area (Å²) >= 11 is 1.42. The van der Waals surface area contributed by atoms with E-state index in [-0.39, 0.29) is 5.75 Å². The van der Waals surface area contributed by atoms with Gasteiger partial charge in [0.2, 0.25) is 9.05 Å². The van der Waals surface area contributed by atoms with Gasteiger partial charge in [-0.25, -0.2) is 13.4 Å². The van der Waals surface area contributed by atoms with Gasteiger partial charge in [0.25, 0.3) is 0 Å². The topological polar surface area (TPSA) is 47.0 Å². The minimum Gasteiger partial charge on any atom is -0.245 e. The molecule has 0 aliphatic carbocycles. The van der Waals surface area contributed by atoms with Crippen LogP contribution in [0.25, 0.3) is 10.2 Å². The van der Waals surface area contributed by atoms with Crippen LogP contribution in [0.15, 0.2) is 23.7 Å². The summed E-state index contributed by atoms with van der Waals surface area (Å²) in [6.45, 7) is 0. The molecule has 1 aromatic carbocycles. The van der Waals surface area contributed by atoms with Crippen LogP contribution in [0.1, 0.15) is 5.56 Å². The number of rotatable bonds is 2. The van der Waals surface area contributed by atoms with E-state index in [0.717, 1.165) is 10.2 Å². The fourth-order valence-corrected chi connectivity index (χ4v) is 3.11. The minimum atomic E-state index is -3.50. The molecule has 2 aromatic rings. The quantitative estimate of drug-likeness (QED) is 0.766. The van der Waals surface area contributed by atoms with Crippen LogP contribution in [0, 0.1) is 0 Å². The van der Waals surface area contributed by atoms with Crippen molar-refractivity contribution < 1.29 is 8.42 Å². The van der Waals surface area contributed by atoms with Crippen LogP contribution >= 0.6 is 22.0 Å². The Labute approximate surface area is 89.8 Å². The van der Waals surface area contributed by atoms with Gasteiger partial charge in [-0.3, -0.25) is 0 Å². The Kier molecular flexibility index (Phi) is 2.47. The van der Waals surface area contributed by atoms with Gasteiger partial charge in [0.05, 0.1) is 21.5 Å². The van der Waals surface area contributed by atoms with E-state index < -0.39 is 9.05 Å². The predicted molar refractivity (Wildman–Crippen MR) is 58.1 cm³/mol. The molecule has 0 aliphatic heterocycles. The van der Waals surface area contributed by atoms with Crippen LogP contribution in [-0.2, 0) is 14.8 Å². The lowest BCUT2D eigenvalue weighted by molar-refractivity contribution is 0.609. The second kappa shape index (κ2) is 3.49. The van der Waals surface area contributed by atoms with E-state index in [1.807, 2.05) is 6.07 Å². The highest BCUT2D eigenvalue weighted by molar-refractivity contribution is 8.13. The minimum absolute atomic E-state index is 0.145.